The molecule has 0 unspecified atom stereocenters. The van der Waals surface area contributed by atoms with Crippen LogP contribution in [0, 0.1) is 0 Å². The zero-order valence-electron chi connectivity index (χ0n) is 10.0. The SMILES string of the molecule is CCCCNc1ccc(OC)c(OC(F)F)c1. The minimum atomic E-state index is -2.85. The molecule has 0 radical (unpaired) electrons. The van der Waals surface area contributed by atoms with Gasteiger partial charge in [-0.05, 0) is 18.6 Å². The van der Waals surface area contributed by atoms with E-state index in [-0.39, 0.29) is 5.75 Å². The van der Waals surface area contributed by atoms with Crippen molar-refractivity contribution in [1.29, 1.82) is 0 Å². The fourth-order valence-corrected chi connectivity index (χ4v) is 1.38. The van der Waals surface area contributed by atoms with Gasteiger partial charge in [-0.2, -0.15) is 8.78 Å². The molecule has 0 aliphatic heterocycles. The molecule has 0 bridgehead atoms. The summed E-state index contributed by atoms with van der Waals surface area (Å²) in [5.41, 5.74) is 0.745. The van der Waals surface area contributed by atoms with Gasteiger partial charge in [-0.1, -0.05) is 13.3 Å². The highest BCUT2D eigenvalue weighted by molar-refractivity contribution is 5.54. The molecule has 0 heterocycles. The number of nitrogens with one attached hydrogen (secondary N) is 1. The molecule has 0 spiro atoms. The maximum absolute atomic E-state index is 12.2. The number of hydrogen-bond acceptors (Lipinski definition) is 3. The second-order valence-corrected chi connectivity index (χ2v) is 3.52. The van der Waals surface area contributed by atoms with Gasteiger partial charge in [-0.15, -0.1) is 0 Å². The first-order valence-corrected chi connectivity index (χ1v) is 5.54. The van der Waals surface area contributed by atoms with Crippen LogP contribution in [0.2, 0.25) is 0 Å². The number of ether oxygens (including phenoxy) is 2. The third kappa shape index (κ3) is 4.46. The van der Waals surface area contributed by atoms with E-state index in [0.29, 0.717) is 5.75 Å². The van der Waals surface area contributed by atoms with Crippen molar-refractivity contribution in [3.8, 4) is 11.5 Å². The van der Waals surface area contributed by atoms with Crippen LogP contribution in [0.15, 0.2) is 18.2 Å². The van der Waals surface area contributed by atoms with Crippen LogP contribution < -0.4 is 14.8 Å². The molecule has 0 fully saturated rings. The summed E-state index contributed by atoms with van der Waals surface area (Å²) < 4.78 is 33.7. The molecule has 0 aliphatic rings. The zero-order valence-corrected chi connectivity index (χ0v) is 10.0. The molecule has 0 saturated heterocycles. The molecule has 1 N–H and O–H groups in total. The van der Waals surface area contributed by atoms with E-state index in [1.165, 1.54) is 13.2 Å². The number of rotatable bonds is 7. The number of alkyl halides is 2. The highest BCUT2D eigenvalue weighted by Gasteiger charge is 2.10. The van der Waals surface area contributed by atoms with Crippen molar-refractivity contribution in [3.05, 3.63) is 18.2 Å². The van der Waals surface area contributed by atoms with Crippen LogP contribution >= 0.6 is 0 Å². The lowest BCUT2D eigenvalue weighted by Crippen LogP contribution is -2.05. The van der Waals surface area contributed by atoms with E-state index in [2.05, 4.69) is 17.0 Å². The molecule has 1 rings (SSSR count). The van der Waals surface area contributed by atoms with Gasteiger partial charge in [0.1, 0.15) is 0 Å². The van der Waals surface area contributed by atoms with Gasteiger partial charge in [0.15, 0.2) is 11.5 Å². The average molecular weight is 245 g/mol. The summed E-state index contributed by atoms with van der Waals surface area (Å²) in [6, 6.07) is 4.89. The predicted octanol–water partition coefficient (Wildman–Crippen LogP) is 3.51. The molecule has 3 nitrogen and oxygen atoms in total. The molecule has 1 aromatic carbocycles. The monoisotopic (exact) mass is 245 g/mol. The molecule has 0 amide bonds. The molecule has 0 saturated carbocycles. The molecule has 0 aliphatic carbocycles. The molecule has 1 aromatic rings. The molecule has 0 aromatic heterocycles. The van der Waals surface area contributed by atoms with Crippen LogP contribution in [0.25, 0.3) is 0 Å². The fourth-order valence-electron chi connectivity index (χ4n) is 1.38. The van der Waals surface area contributed by atoms with Crippen LogP contribution in [0.4, 0.5) is 14.5 Å². The van der Waals surface area contributed by atoms with Crippen LogP contribution in [0.1, 0.15) is 19.8 Å². The Labute approximate surface area is 99.7 Å². The Morgan fingerprint density at radius 2 is 2.06 bits per heavy atom. The summed E-state index contributed by atoms with van der Waals surface area (Å²) in [7, 11) is 1.41. The molecular weight excluding hydrogens is 228 g/mol. The van der Waals surface area contributed by atoms with Crippen LogP contribution in [-0.2, 0) is 0 Å². The Balaban J connectivity index is 2.73. The lowest BCUT2D eigenvalue weighted by Gasteiger charge is -2.12. The predicted molar refractivity (Wildman–Crippen MR) is 63.0 cm³/mol. The molecular formula is C12H17F2NO2. The van der Waals surface area contributed by atoms with E-state index in [9.17, 15) is 8.78 Å². The number of unbranched alkanes of at least 4 members (excludes halogenated alkanes) is 1. The second-order valence-electron chi connectivity index (χ2n) is 3.52. The maximum atomic E-state index is 12.2. The number of anilines is 1. The van der Waals surface area contributed by atoms with Crippen LogP contribution in [-0.4, -0.2) is 20.3 Å². The van der Waals surface area contributed by atoms with Crippen molar-refractivity contribution >= 4 is 5.69 Å². The summed E-state index contributed by atoms with van der Waals surface area (Å²) in [5, 5.41) is 3.13. The van der Waals surface area contributed by atoms with Crippen molar-refractivity contribution in [2.24, 2.45) is 0 Å². The Hall–Kier alpha value is -1.52. The lowest BCUT2D eigenvalue weighted by molar-refractivity contribution is -0.0511. The minimum Gasteiger partial charge on any atom is -0.493 e. The molecule has 96 valence electrons. The van der Waals surface area contributed by atoms with Gasteiger partial charge >= 0.3 is 6.61 Å². The summed E-state index contributed by atoms with van der Waals surface area (Å²) >= 11 is 0. The van der Waals surface area contributed by atoms with Gasteiger partial charge < -0.3 is 14.8 Å². The van der Waals surface area contributed by atoms with E-state index in [4.69, 9.17) is 4.74 Å². The second kappa shape index (κ2) is 6.93. The Kier molecular flexibility index (Phi) is 5.52. The first-order chi connectivity index (χ1) is 8.17. The quantitative estimate of drug-likeness (QED) is 0.746. The van der Waals surface area contributed by atoms with Gasteiger partial charge in [0.2, 0.25) is 0 Å². The van der Waals surface area contributed by atoms with E-state index >= 15 is 0 Å². The molecule has 5 heteroatoms. The molecule has 17 heavy (non-hydrogen) atoms. The highest BCUT2D eigenvalue weighted by Crippen LogP contribution is 2.31. The van der Waals surface area contributed by atoms with E-state index < -0.39 is 6.61 Å². The van der Waals surface area contributed by atoms with Crippen molar-refractivity contribution in [1.82, 2.24) is 0 Å². The number of methoxy groups -OCH3 is 1. The Morgan fingerprint density at radius 1 is 1.29 bits per heavy atom. The van der Waals surface area contributed by atoms with Crippen LogP contribution in [0.3, 0.4) is 0 Å². The third-order valence-electron chi connectivity index (χ3n) is 2.24. The third-order valence-corrected chi connectivity index (χ3v) is 2.24. The summed E-state index contributed by atoms with van der Waals surface area (Å²) in [4.78, 5) is 0. The minimum absolute atomic E-state index is 0.0454. The maximum Gasteiger partial charge on any atom is 0.387 e. The highest BCUT2D eigenvalue weighted by atomic mass is 19.3. The Bertz CT molecular complexity index is 345. The van der Waals surface area contributed by atoms with Gasteiger partial charge in [-0.3, -0.25) is 0 Å². The van der Waals surface area contributed by atoms with Crippen molar-refractivity contribution in [3.63, 3.8) is 0 Å². The van der Waals surface area contributed by atoms with Crippen molar-refractivity contribution in [2.45, 2.75) is 26.4 Å². The van der Waals surface area contributed by atoms with Gasteiger partial charge in [0.05, 0.1) is 7.11 Å². The standard InChI is InChI=1S/C12H17F2NO2/c1-3-4-7-15-9-5-6-10(16-2)11(8-9)17-12(13)14/h5-6,8,12,15H,3-4,7H2,1-2H3. The van der Waals surface area contributed by atoms with E-state index in [0.717, 1.165) is 25.1 Å². The fraction of sp³-hybridized carbons (Fsp3) is 0.500. The zero-order chi connectivity index (χ0) is 12.7. The van der Waals surface area contributed by atoms with Crippen molar-refractivity contribution in [2.75, 3.05) is 19.0 Å². The lowest BCUT2D eigenvalue weighted by atomic mass is 10.2. The number of halogens is 2. The Morgan fingerprint density at radius 3 is 2.65 bits per heavy atom. The van der Waals surface area contributed by atoms with Crippen LogP contribution in [0.5, 0.6) is 11.5 Å². The largest absolute Gasteiger partial charge is 0.493 e. The normalized spacial score (nSPS) is 10.4. The summed E-state index contributed by atoms with van der Waals surface area (Å²) in [6.07, 6.45) is 2.10. The first-order valence-electron chi connectivity index (χ1n) is 5.54. The average Bonchev–Trinajstić information content (AvgIpc) is 2.29. The van der Waals surface area contributed by atoms with E-state index in [1.54, 1.807) is 12.1 Å². The summed E-state index contributed by atoms with van der Waals surface area (Å²) in [6.45, 7) is 0.0348. The van der Waals surface area contributed by atoms with Gasteiger partial charge in [-0.25, -0.2) is 0 Å². The van der Waals surface area contributed by atoms with E-state index in [1.807, 2.05) is 0 Å². The number of benzene rings is 1. The first kappa shape index (κ1) is 13.5. The summed E-state index contributed by atoms with van der Waals surface area (Å²) in [5.74, 6) is 0.343. The topological polar surface area (TPSA) is 30.5 Å². The smallest absolute Gasteiger partial charge is 0.387 e. The number of hydrogen-bond donors (Lipinski definition) is 1. The van der Waals surface area contributed by atoms with Gasteiger partial charge in [0, 0.05) is 18.3 Å². The molecule has 0 atom stereocenters. The van der Waals surface area contributed by atoms with Gasteiger partial charge in [0.25, 0.3) is 0 Å². The van der Waals surface area contributed by atoms with Crippen molar-refractivity contribution < 1.29 is 18.3 Å².